The van der Waals surface area contributed by atoms with E-state index in [0.717, 1.165) is 32.5 Å². The summed E-state index contributed by atoms with van der Waals surface area (Å²) in [5.74, 6) is -1.52. The second kappa shape index (κ2) is 10.4. The molecule has 1 aliphatic rings. The highest BCUT2D eigenvalue weighted by molar-refractivity contribution is 6.03. The molecule has 0 bridgehead atoms. The van der Waals surface area contributed by atoms with E-state index >= 15 is 0 Å². The number of carbonyl (C=O) groups excluding carboxylic acids is 2. The van der Waals surface area contributed by atoms with Gasteiger partial charge in [-0.25, -0.2) is 9.59 Å². The second-order valence-corrected chi connectivity index (χ2v) is 7.07. The van der Waals surface area contributed by atoms with Crippen LogP contribution in [0.1, 0.15) is 45.1 Å². The highest BCUT2D eigenvalue weighted by Crippen LogP contribution is 2.27. The van der Waals surface area contributed by atoms with Gasteiger partial charge in [0.25, 0.3) is 5.60 Å². The molecular weight excluding hydrogens is 346 g/mol. The molecule has 0 aliphatic carbocycles. The third-order valence-corrected chi connectivity index (χ3v) is 4.99. The summed E-state index contributed by atoms with van der Waals surface area (Å²) >= 11 is 0. The number of likely N-dealkylation sites (tertiary alicyclic amines) is 1. The van der Waals surface area contributed by atoms with Crippen molar-refractivity contribution >= 4 is 11.9 Å². The molecule has 6 nitrogen and oxygen atoms in total. The first kappa shape index (κ1) is 21.4. The molecule has 1 atom stereocenters. The number of hydrogen-bond donors (Lipinski definition) is 1. The minimum atomic E-state index is -2.21. The van der Waals surface area contributed by atoms with Gasteiger partial charge in [0.2, 0.25) is 0 Å². The minimum Gasteiger partial charge on any atom is -0.463 e. The monoisotopic (exact) mass is 377 g/mol. The van der Waals surface area contributed by atoms with Crippen LogP contribution in [-0.2, 0) is 25.6 Å². The topological polar surface area (TPSA) is 76.1 Å². The van der Waals surface area contributed by atoms with Gasteiger partial charge in [0, 0.05) is 13.1 Å². The van der Waals surface area contributed by atoms with Crippen molar-refractivity contribution in [1.29, 1.82) is 0 Å². The third kappa shape index (κ3) is 6.04. The van der Waals surface area contributed by atoms with E-state index in [-0.39, 0.29) is 19.6 Å². The lowest BCUT2D eigenvalue weighted by molar-refractivity contribution is -0.184. The van der Waals surface area contributed by atoms with Crippen LogP contribution in [0.5, 0.6) is 0 Å². The number of aliphatic hydroxyl groups is 1. The zero-order valence-electron chi connectivity index (χ0n) is 16.4. The summed E-state index contributed by atoms with van der Waals surface area (Å²) in [6.45, 7) is 6.31. The van der Waals surface area contributed by atoms with E-state index in [1.807, 2.05) is 18.2 Å². The average Bonchev–Trinajstić information content (AvgIpc) is 2.67. The van der Waals surface area contributed by atoms with Gasteiger partial charge in [-0.2, -0.15) is 0 Å². The van der Waals surface area contributed by atoms with Gasteiger partial charge in [-0.15, -0.1) is 0 Å². The van der Waals surface area contributed by atoms with Gasteiger partial charge in [0.05, 0.1) is 13.2 Å². The molecule has 0 amide bonds. The van der Waals surface area contributed by atoms with Crippen molar-refractivity contribution in [2.75, 3.05) is 26.3 Å². The molecule has 27 heavy (non-hydrogen) atoms. The first-order valence-electron chi connectivity index (χ1n) is 9.82. The number of piperidine rings is 1. The number of benzene rings is 1. The lowest BCUT2D eigenvalue weighted by Crippen LogP contribution is -2.49. The molecule has 6 heteroatoms. The molecule has 1 fully saturated rings. The molecule has 0 saturated carbocycles. The molecule has 1 heterocycles. The van der Waals surface area contributed by atoms with E-state index in [4.69, 9.17) is 9.47 Å². The highest BCUT2D eigenvalue weighted by Gasteiger charge is 2.47. The van der Waals surface area contributed by atoms with Crippen molar-refractivity contribution in [1.82, 2.24) is 4.90 Å². The maximum absolute atomic E-state index is 12.2. The number of carbonyl (C=O) groups is 2. The maximum Gasteiger partial charge on any atom is 0.350 e. The molecule has 1 aromatic carbocycles. The summed E-state index contributed by atoms with van der Waals surface area (Å²) in [6, 6.07) is 10.3. The SMILES string of the molecule is CCOC(=O)C(O)(CC[C@@H]1CCCN(Cc2ccccc2)C1)C(=O)OCC. The molecule has 0 unspecified atom stereocenters. The number of rotatable bonds is 9. The van der Waals surface area contributed by atoms with Gasteiger partial charge >= 0.3 is 11.9 Å². The smallest absolute Gasteiger partial charge is 0.350 e. The standard InChI is InChI=1S/C21H31NO5/c1-3-26-19(23)21(25,20(24)27-4-2)13-12-18-11-8-14-22(16-18)15-17-9-6-5-7-10-17/h5-7,9-10,18,25H,3-4,8,11-16H2,1-2H3/t18-/m0/s1. The van der Waals surface area contributed by atoms with Crippen LogP contribution in [-0.4, -0.2) is 53.8 Å². The predicted molar refractivity (Wildman–Crippen MR) is 102 cm³/mol. The molecule has 1 aromatic rings. The van der Waals surface area contributed by atoms with Gasteiger partial charge < -0.3 is 14.6 Å². The van der Waals surface area contributed by atoms with Gasteiger partial charge in [-0.1, -0.05) is 30.3 Å². The lowest BCUT2D eigenvalue weighted by atomic mass is 9.87. The molecule has 1 N–H and O–H groups in total. The van der Waals surface area contributed by atoms with E-state index < -0.39 is 17.5 Å². The van der Waals surface area contributed by atoms with Crippen molar-refractivity contribution in [2.45, 2.75) is 51.7 Å². The number of ether oxygens (including phenoxy) is 2. The Morgan fingerprint density at radius 1 is 1.15 bits per heavy atom. The van der Waals surface area contributed by atoms with Crippen molar-refractivity contribution in [3.05, 3.63) is 35.9 Å². The van der Waals surface area contributed by atoms with Gasteiger partial charge in [-0.3, -0.25) is 4.90 Å². The van der Waals surface area contributed by atoms with E-state index in [1.54, 1.807) is 13.8 Å². The summed E-state index contributed by atoms with van der Waals surface area (Å²) in [6.07, 6.45) is 2.68. The molecule has 0 spiro atoms. The first-order valence-corrected chi connectivity index (χ1v) is 9.82. The van der Waals surface area contributed by atoms with Crippen LogP contribution in [0.4, 0.5) is 0 Å². The van der Waals surface area contributed by atoms with Crippen LogP contribution in [0.15, 0.2) is 30.3 Å². The molecule has 150 valence electrons. The fraction of sp³-hybridized carbons (Fsp3) is 0.619. The summed E-state index contributed by atoms with van der Waals surface area (Å²) in [4.78, 5) is 26.7. The summed E-state index contributed by atoms with van der Waals surface area (Å²) in [5, 5.41) is 10.7. The van der Waals surface area contributed by atoms with Crippen LogP contribution in [0, 0.1) is 5.92 Å². The van der Waals surface area contributed by atoms with Gasteiger partial charge in [0.15, 0.2) is 0 Å². The van der Waals surface area contributed by atoms with Gasteiger partial charge in [0.1, 0.15) is 0 Å². The second-order valence-electron chi connectivity index (χ2n) is 7.07. The van der Waals surface area contributed by atoms with Gasteiger partial charge in [-0.05, 0) is 57.6 Å². The highest BCUT2D eigenvalue weighted by atomic mass is 16.6. The molecule has 0 aromatic heterocycles. The van der Waals surface area contributed by atoms with Crippen LogP contribution < -0.4 is 0 Å². The Bertz CT molecular complexity index is 586. The van der Waals surface area contributed by atoms with E-state index in [0.29, 0.717) is 12.3 Å². The Hall–Kier alpha value is -1.92. The van der Waals surface area contributed by atoms with Crippen LogP contribution in [0.25, 0.3) is 0 Å². The Balaban J connectivity index is 1.94. The third-order valence-electron chi connectivity index (χ3n) is 4.99. The molecule has 2 rings (SSSR count). The van der Waals surface area contributed by atoms with E-state index in [2.05, 4.69) is 17.0 Å². The Morgan fingerprint density at radius 3 is 2.37 bits per heavy atom. The van der Waals surface area contributed by atoms with Crippen LogP contribution in [0.2, 0.25) is 0 Å². The van der Waals surface area contributed by atoms with E-state index in [1.165, 1.54) is 5.56 Å². The molecule has 1 saturated heterocycles. The van der Waals surface area contributed by atoms with Crippen LogP contribution in [0.3, 0.4) is 0 Å². The normalized spacial score (nSPS) is 18.1. The quantitative estimate of drug-likeness (QED) is 0.526. The number of esters is 2. The van der Waals surface area contributed by atoms with Crippen molar-refractivity contribution in [3.63, 3.8) is 0 Å². The largest absolute Gasteiger partial charge is 0.463 e. The molecule has 1 aliphatic heterocycles. The van der Waals surface area contributed by atoms with Crippen molar-refractivity contribution in [3.8, 4) is 0 Å². The Morgan fingerprint density at radius 2 is 1.78 bits per heavy atom. The van der Waals surface area contributed by atoms with Crippen LogP contribution >= 0.6 is 0 Å². The molecule has 0 radical (unpaired) electrons. The summed E-state index contributed by atoms with van der Waals surface area (Å²) in [5.41, 5.74) is -0.944. The fourth-order valence-electron chi connectivity index (χ4n) is 3.57. The zero-order chi connectivity index (χ0) is 19.7. The summed E-state index contributed by atoms with van der Waals surface area (Å²) in [7, 11) is 0. The zero-order valence-corrected chi connectivity index (χ0v) is 16.4. The Labute approximate surface area is 161 Å². The Kier molecular flexibility index (Phi) is 8.25. The lowest BCUT2D eigenvalue weighted by Gasteiger charge is -2.34. The predicted octanol–water partition coefficient (Wildman–Crippen LogP) is 2.54. The van der Waals surface area contributed by atoms with Crippen molar-refractivity contribution in [2.24, 2.45) is 5.92 Å². The number of hydrogen-bond acceptors (Lipinski definition) is 6. The fourth-order valence-corrected chi connectivity index (χ4v) is 3.57. The maximum atomic E-state index is 12.2. The van der Waals surface area contributed by atoms with Crippen molar-refractivity contribution < 1.29 is 24.2 Å². The summed E-state index contributed by atoms with van der Waals surface area (Å²) < 4.78 is 9.83. The molecular formula is C21H31NO5. The first-order chi connectivity index (χ1) is 13.0. The average molecular weight is 377 g/mol. The number of nitrogens with zero attached hydrogens (tertiary/aromatic N) is 1. The minimum absolute atomic E-state index is 0.0223. The van der Waals surface area contributed by atoms with E-state index in [9.17, 15) is 14.7 Å².